The van der Waals surface area contributed by atoms with Crippen LogP contribution in [0.15, 0.2) is 65.1 Å². The van der Waals surface area contributed by atoms with Gasteiger partial charge in [0.2, 0.25) is 5.91 Å². The van der Waals surface area contributed by atoms with E-state index in [0.717, 1.165) is 16.5 Å². The molecule has 0 bridgehead atoms. The van der Waals surface area contributed by atoms with Crippen LogP contribution >= 0.6 is 0 Å². The number of rotatable bonds is 6. The number of primary amides is 1. The minimum Gasteiger partial charge on any atom is -0.459 e. The Morgan fingerprint density at radius 2 is 1.73 bits per heavy atom. The van der Waals surface area contributed by atoms with Crippen molar-refractivity contribution in [1.29, 1.82) is 0 Å². The molecule has 0 unspecified atom stereocenters. The van der Waals surface area contributed by atoms with Gasteiger partial charge in [0, 0.05) is 5.39 Å². The zero-order valence-corrected chi connectivity index (χ0v) is 14.4. The van der Waals surface area contributed by atoms with Crippen molar-refractivity contribution in [1.82, 2.24) is 10.6 Å². The van der Waals surface area contributed by atoms with Crippen molar-refractivity contribution in [3.63, 3.8) is 0 Å². The van der Waals surface area contributed by atoms with Crippen LogP contribution in [-0.2, 0) is 4.79 Å². The number of fused-ring (bicyclic) bond motifs is 1. The van der Waals surface area contributed by atoms with Crippen LogP contribution in [0.5, 0.6) is 0 Å². The first-order chi connectivity index (χ1) is 12.5. The number of benzene rings is 2. The summed E-state index contributed by atoms with van der Waals surface area (Å²) in [5.74, 6) is 0.472. The lowest BCUT2D eigenvalue weighted by atomic mass is 10.0. The third-order valence-corrected chi connectivity index (χ3v) is 4.16. The highest BCUT2D eigenvalue weighted by atomic mass is 16.3. The number of nitrogens with one attached hydrogen (secondary N) is 2. The first kappa shape index (κ1) is 17.5. The van der Waals surface area contributed by atoms with Crippen LogP contribution in [-0.4, -0.2) is 11.9 Å². The monoisotopic (exact) mass is 351 g/mol. The summed E-state index contributed by atoms with van der Waals surface area (Å²) >= 11 is 0. The summed E-state index contributed by atoms with van der Waals surface area (Å²) in [6.45, 7) is 1.86. The van der Waals surface area contributed by atoms with E-state index in [1.54, 1.807) is 0 Å². The average molecular weight is 351 g/mol. The Morgan fingerprint density at radius 3 is 2.42 bits per heavy atom. The minimum atomic E-state index is -0.669. The lowest BCUT2D eigenvalue weighted by Crippen LogP contribution is -2.37. The number of hydrogen-bond acceptors (Lipinski definition) is 3. The Hall–Kier alpha value is -3.28. The predicted octanol–water partition coefficient (Wildman–Crippen LogP) is 3.41. The van der Waals surface area contributed by atoms with Gasteiger partial charge in [-0.3, -0.25) is 4.79 Å². The van der Waals surface area contributed by atoms with Crippen molar-refractivity contribution in [3.8, 4) is 0 Å². The predicted molar refractivity (Wildman–Crippen MR) is 99.3 cm³/mol. The molecular weight excluding hydrogens is 330 g/mol. The van der Waals surface area contributed by atoms with E-state index in [1.165, 1.54) is 0 Å². The zero-order valence-electron chi connectivity index (χ0n) is 14.4. The summed E-state index contributed by atoms with van der Waals surface area (Å²) < 4.78 is 5.78. The number of furan rings is 1. The van der Waals surface area contributed by atoms with Crippen molar-refractivity contribution in [2.24, 2.45) is 5.73 Å². The fraction of sp³-hybridized carbons (Fsp3) is 0.200. The summed E-state index contributed by atoms with van der Waals surface area (Å²) in [7, 11) is 0. The number of nitrogens with two attached hydrogens (primary N) is 1. The number of para-hydroxylation sites is 1. The van der Waals surface area contributed by atoms with E-state index >= 15 is 0 Å². The van der Waals surface area contributed by atoms with Crippen molar-refractivity contribution >= 4 is 22.9 Å². The van der Waals surface area contributed by atoms with Crippen LogP contribution in [0.1, 0.15) is 36.8 Å². The van der Waals surface area contributed by atoms with Crippen LogP contribution in [0.2, 0.25) is 0 Å². The summed E-state index contributed by atoms with van der Waals surface area (Å²) in [6.07, 6.45) is 0.0809. The van der Waals surface area contributed by atoms with Crippen LogP contribution in [0.4, 0.5) is 4.79 Å². The van der Waals surface area contributed by atoms with Gasteiger partial charge >= 0.3 is 6.03 Å². The quantitative estimate of drug-likeness (QED) is 0.635. The molecule has 0 spiro atoms. The van der Waals surface area contributed by atoms with Crippen LogP contribution < -0.4 is 16.4 Å². The number of carbonyl (C=O) groups is 2. The highest BCUT2D eigenvalue weighted by molar-refractivity contribution is 5.80. The van der Waals surface area contributed by atoms with E-state index in [4.69, 9.17) is 10.2 Å². The topological polar surface area (TPSA) is 97.4 Å². The Morgan fingerprint density at radius 1 is 1.04 bits per heavy atom. The first-order valence-electron chi connectivity index (χ1n) is 8.41. The maximum Gasteiger partial charge on any atom is 0.312 e. The summed E-state index contributed by atoms with van der Waals surface area (Å²) in [4.78, 5) is 23.7. The molecule has 2 aromatic carbocycles. The van der Waals surface area contributed by atoms with Crippen molar-refractivity contribution < 1.29 is 14.0 Å². The average Bonchev–Trinajstić information content (AvgIpc) is 3.06. The smallest absolute Gasteiger partial charge is 0.312 e. The molecule has 0 saturated heterocycles. The fourth-order valence-electron chi connectivity index (χ4n) is 2.88. The Bertz CT molecular complexity index is 872. The minimum absolute atomic E-state index is 0.0809. The Kier molecular flexibility index (Phi) is 5.22. The second kappa shape index (κ2) is 7.74. The van der Waals surface area contributed by atoms with Gasteiger partial charge in [-0.1, -0.05) is 48.5 Å². The van der Waals surface area contributed by atoms with Crippen LogP contribution in [0.25, 0.3) is 11.0 Å². The number of urea groups is 1. The molecule has 0 radical (unpaired) electrons. The maximum absolute atomic E-state index is 12.5. The molecule has 0 aliphatic carbocycles. The highest BCUT2D eigenvalue weighted by Crippen LogP contribution is 2.24. The molecule has 3 amide bonds. The van der Waals surface area contributed by atoms with Crippen LogP contribution in [0.3, 0.4) is 0 Å². The molecule has 6 heteroatoms. The molecule has 3 rings (SSSR count). The molecule has 0 fully saturated rings. The fourth-order valence-corrected chi connectivity index (χ4v) is 2.88. The zero-order chi connectivity index (χ0) is 18.5. The van der Waals surface area contributed by atoms with Crippen molar-refractivity contribution in [2.75, 3.05) is 0 Å². The standard InChI is InChI=1S/C20H21N3O3/c1-13(18-11-15-9-5-6-10-17(15)26-18)22-19(24)12-16(23-20(21)25)14-7-3-2-4-8-14/h2-11,13,16H,12H2,1H3,(H,22,24)(H3,21,23,25)/t13-,16-/m1/s1. The summed E-state index contributed by atoms with van der Waals surface area (Å²) in [5, 5.41) is 6.51. The van der Waals surface area contributed by atoms with E-state index < -0.39 is 12.1 Å². The van der Waals surface area contributed by atoms with Gasteiger partial charge in [0.1, 0.15) is 11.3 Å². The molecular formula is C20H21N3O3. The van der Waals surface area contributed by atoms with E-state index in [0.29, 0.717) is 5.76 Å². The molecule has 1 aromatic heterocycles. The normalized spacial score (nSPS) is 13.1. The van der Waals surface area contributed by atoms with Gasteiger partial charge in [-0.25, -0.2) is 4.79 Å². The largest absolute Gasteiger partial charge is 0.459 e. The SMILES string of the molecule is C[C@@H](NC(=O)C[C@@H](NC(N)=O)c1ccccc1)c1cc2ccccc2o1. The third kappa shape index (κ3) is 4.22. The first-order valence-corrected chi connectivity index (χ1v) is 8.41. The second-order valence-corrected chi connectivity index (χ2v) is 6.15. The molecule has 2 atom stereocenters. The molecule has 26 heavy (non-hydrogen) atoms. The Balaban J connectivity index is 1.68. The number of carbonyl (C=O) groups excluding carboxylic acids is 2. The van der Waals surface area contributed by atoms with Gasteiger partial charge in [0.15, 0.2) is 0 Å². The van der Waals surface area contributed by atoms with Gasteiger partial charge in [-0.15, -0.1) is 0 Å². The van der Waals surface area contributed by atoms with E-state index in [9.17, 15) is 9.59 Å². The van der Waals surface area contributed by atoms with E-state index in [1.807, 2.05) is 67.6 Å². The number of amides is 3. The molecule has 0 aliphatic rings. The molecule has 0 saturated carbocycles. The van der Waals surface area contributed by atoms with E-state index in [-0.39, 0.29) is 18.4 Å². The van der Waals surface area contributed by atoms with Crippen molar-refractivity contribution in [3.05, 3.63) is 72.0 Å². The molecule has 6 nitrogen and oxygen atoms in total. The number of hydrogen-bond donors (Lipinski definition) is 3. The molecule has 3 aromatic rings. The van der Waals surface area contributed by atoms with Gasteiger partial charge in [0.25, 0.3) is 0 Å². The van der Waals surface area contributed by atoms with Crippen molar-refractivity contribution in [2.45, 2.75) is 25.4 Å². The van der Waals surface area contributed by atoms with Gasteiger partial charge in [-0.2, -0.15) is 0 Å². The highest BCUT2D eigenvalue weighted by Gasteiger charge is 2.20. The lowest BCUT2D eigenvalue weighted by Gasteiger charge is -2.19. The molecule has 1 heterocycles. The summed E-state index contributed by atoms with van der Waals surface area (Å²) in [5.41, 5.74) is 6.84. The molecule has 134 valence electrons. The Labute approximate surface area is 151 Å². The third-order valence-electron chi connectivity index (χ3n) is 4.16. The maximum atomic E-state index is 12.5. The van der Waals surface area contributed by atoms with Gasteiger partial charge in [0.05, 0.1) is 18.5 Å². The van der Waals surface area contributed by atoms with Gasteiger partial charge in [-0.05, 0) is 24.6 Å². The van der Waals surface area contributed by atoms with Crippen LogP contribution in [0, 0.1) is 0 Å². The van der Waals surface area contributed by atoms with Gasteiger partial charge < -0.3 is 20.8 Å². The summed E-state index contributed by atoms with van der Waals surface area (Å²) in [6, 6.07) is 17.4. The molecule has 4 N–H and O–H groups in total. The molecule has 0 aliphatic heterocycles. The van der Waals surface area contributed by atoms with E-state index in [2.05, 4.69) is 10.6 Å². The second-order valence-electron chi connectivity index (χ2n) is 6.15. The lowest BCUT2D eigenvalue weighted by molar-refractivity contribution is -0.122.